The van der Waals surface area contributed by atoms with Crippen LogP contribution in [0.2, 0.25) is 15.1 Å². The number of allylic oxidation sites excluding steroid dienone is 1. The van der Waals surface area contributed by atoms with Crippen LogP contribution in [-0.2, 0) is 6.54 Å². The first-order chi connectivity index (χ1) is 13.0. The van der Waals surface area contributed by atoms with Gasteiger partial charge in [0.25, 0.3) is 0 Å². The summed E-state index contributed by atoms with van der Waals surface area (Å²) in [7, 11) is 0. The zero-order valence-corrected chi connectivity index (χ0v) is 17.4. The lowest BCUT2D eigenvalue weighted by Gasteiger charge is -2.28. The molecule has 1 aliphatic rings. The van der Waals surface area contributed by atoms with Crippen molar-refractivity contribution in [1.82, 2.24) is 10.2 Å². The Bertz CT molecular complexity index is 828. The summed E-state index contributed by atoms with van der Waals surface area (Å²) in [5, 5.41) is 5.44. The number of nitrogens with one attached hydrogen (secondary N) is 1. The van der Waals surface area contributed by atoms with Gasteiger partial charge < -0.3 is 10.2 Å². The van der Waals surface area contributed by atoms with Crippen molar-refractivity contribution >= 4 is 40.5 Å². The Kier molecular flexibility index (Phi) is 7.12. The fourth-order valence-electron chi connectivity index (χ4n) is 3.22. The fourth-order valence-corrected chi connectivity index (χ4v) is 3.82. The van der Waals surface area contributed by atoms with Crippen LogP contribution in [0.3, 0.4) is 0 Å². The van der Waals surface area contributed by atoms with E-state index in [2.05, 4.69) is 16.8 Å². The number of hydrogen-bond acceptors (Lipinski definition) is 2. The molecule has 1 saturated heterocycles. The smallest absolute Gasteiger partial charge is 0.0641 e. The van der Waals surface area contributed by atoms with E-state index in [0.717, 1.165) is 46.9 Å². The molecule has 0 radical (unpaired) electrons. The second kappa shape index (κ2) is 9.54. The van der Waals surface area contributed by atoms with Crippen LogP contribution in [0.5, 0.6) is 0 Å². The summed E-state index contributed by atoms with van der Waals surface area (Å²) in [4.78, 5) is 2.31. The van der Waals surface area contributed by atoms with E-state index in [9.17, 15) is 0 Å². The molecule has 0 aromatic heterocycles. The highest BCUT2D eigenvalue weighted by Gasteiger charge is 2.17. The number of benzene rings is 2. The van der Waals surface area contributed by atoms with E-state index in [1.807, 2.05) is 42.6 Å². The molecule has 0 aliphatic carbocycles. The van der Waals surface area contributed by atoms with Gasteiger partial charge in [-0.3, -0.25) is 0 Å². The van der Waals surface area contributed by atoms with Crippen LogP contribution in [-0.4, -0.2) is 11.4 Å². The largest absolute Gasteiger partial charge is 0.385 e. The van der Waals surface area contributed by atoms with Gasteiger partial charge in [-0.1, -0.05) is 66.0 Å². The van der Waals surface area contributed by atoms with Crippen LogP contribution in [0, 0.1) is 0 Å². The lowest BCUT2D eigenvalue weighted by Crippen LogP contribution is -2.23. The maximum atomic E-state index is 6.29. The van der Waals surface area contributed by atoms with Gasteiger partial charge in [0.15, 0.2) is 0 Å². The van der Waals surface area contributed by atoms with E-state index in [-0.39, 0.29) is 0 Å². The Hall–Kier alpha value is -1.61. The Morgan fingerprint density at radius 2 is 1.74 bits per heavy atom. The topological polar surface area (TPSA) is 15.3 Å². The number of likely N-dealkylation sites (tertiary alicyclic amines) is 1. The van der Waals surface area contributed by atoms with Crippen LogP contribution in [0.4, 0.5) is 0 Å². The minimum absolute atomic E-state index is 0.618. The third-order valence-electron chi connectivity index (χ3n) is 4.71. The zero-order chi connectivity index (χ0) is 19.2. The average molecular weight is 422 g/mol. The first kappa shape index (κ1) is 20.1. The van der Waals surface area contributed by atoms with E-state index in [0.29, 0.717) is 16.6 Å². The summed E-state index contributed by atoms with van der Waals surface area (Å²) in [6.07, 6.45) is 6.65. The third kappa shape index (κ3) is 5.44. The summed E-state index contributed by atoms with van der Waals surface area (Å²) in [5.74, 6) is 0. The van der Waals surface area contributed by atoms with E-state index < -0.39 is 0 Å². The molecule has 142 valence electrons. The van der Waals surface area contributed by atoms with Gasteiger partial charge in [-0.2, -0.15) is 0 Å². The van der Waals surface area contributed by atoms with Crippen molar-refractivity contribution < 1.29 is 0 Å². The number of halogens is 3. The van der Waals surface area contributed by atoms with Crippen LogP contribution >= 0.6 is 34.8 Å². The summed E-state index contributed by atoms with van der Waals surface area (Å²) in [6.45, 7) is 5.89. The van der Waals surface area contributed by atoms with E-state index in [1.54, 1.807) is 6.07 Å². The summed E-state index contributed by atoms with van der Waals surface area (Å²) in [6, 6.07) is 13.5. The zero-order valence-electron chi connectivity index (χ0n) is 15.1. The van der Waals surface area contributed by atoms with Gasteiger partial charge in [0.2, 0.25) is 0 Å². The molecule has 0 spiro atoms. The minimum Gasteiger partial charge on any atom is -0.385 e. The molecular weight excluding hydrogens is 399 g/mol. The van der Waals surface area contributed by atoms with Gasteiger partial charge in [0.1, 0.15) is 0 Å². The molecule has 2 aromatic carbocycles. The predicted octanol–water partition coefficient (Wildman–Crippen LogP) is 7.12. The number of hydrogen-bond donors (Lipinski definition) is 1. The quantitative estimate of drug-likeness (QED) is 0.552. The molecule has 0 bridgehead atoms. The Morgan fingerprint density at radius 1 is 1.00 bits per heavy atom. The van der Waals surface area contributed by atoms with Gasteiger partial charge in [-0.05, 0) is 54.7 Å². The normalized spacial score (nSPS) is 15.6. The number of rotatable bonds is 5. The van der Waals surface area contributed by atoms with Crippen LogP contribution in [0.25, 0.3) is 5.70 Å². The second-order valence-corrected chi connectivity index (χ2v) is 7.96. The molecule has 0 amide bonds. The lowest BCUT2D eigenvalue weighted by molar-refractivity contribution is 0.484. The van der Waals surface area contributed by atoms with Crippen molar-refractivity contribution in [2.75, 3.05) is 6.54 Å². The van der Waals surface area contributed by atoms with Gasteiger partial charge in [-0.15, -0.1) is 0 Å². The second-order valence-electron chi connectivity index (χ2n) is 6.68. The fraction of sp³-hybridized carbons (Fsp3) is 0.273. The Labute approximate surface area is 176 Å². The molecule has 0 unspecified atom stereocenters. The molecule has 1 aliphatic heterocycles. The molecule has 27 heavy (non-hydrogen) atoms. The lowest BCUT2D eigenvalue weighted by atomic mass is 10.1. The molecule has 5 heteroatoms. The highest BCUT2D eigenvalue weighted by Crippen LogP contribution is 2.29. The molecule has 1 heterocycles. The molecular formula is C22H23Cl3N2. The molecule has 1 N–H and O–H groups in total. The SMILES string of the molecule is C=C1CCCCCN1/C(=C\NCc1ccc(Cl)cc1Cl)c1ccc(Cl)cc1. The van der Waals surface area contributed by atoms with Crippen molar-refractivity contribution in [3.8, 4) is 0 Å². The Balaban J connectivity index is 1.85. The van der Waals surface area contributed by atoms with Crippen molar-refractivity contribution in [1.29, 1.82) is 0 Å². The molecule has 3 rings (SSSR count). The van der Waals surface area contributed by atoms with Crippen molar-refractivity contribution in [2.24, 2.45) is 0 Å². The van der Waals surface area contributed by atoms with Gasteiger partial charge in [0.05, 0.1) is 5.70 Å². The van der Waals surface area contributed by atoms with Gasteiger partial charge >= 0.3 is 0 Å². The van der Waals surface area contributed by atoms with Gasteiger partial charge in [-0.25, -0.2) is 0 Å². The Morgan fingerprint density at radius 3 is 2.48 bits per heavy atom. The first-order valence-electron chi connectivity index (χ1n) is 9.13. The highest BCUT2D eigenvalue weighted by atomic mass is 35.5. The molecule has 0 atom stereocenters. The van der Waals surface area contributed by atoms with E-state index >= 15 is 0 Å². The molecule has 2 aromatic rings. The van der Waals surface area contributed by atoms with Crippen molar-refractivity contribution in [3.05, 3.63) is 87.1 Å². The number of nitrogens with zero attached hydrogens (tertiary/aromatic N) is 1. The van der Waals surface area contributed by atoms with Crippen molar-refractivity contribution in [2.45, 2.75) is 32.2 Å². The molecule has 2 nitrogen and oxygen atoms in total. The van der Waals surface area contributed by atoms with Crippen LogP contribution in [0.1, 0.15) is 36.8 Å². The maximum Gasteiger partial charge on any atom is 0.0641 e. The first-order valence-corrected chi connectivity index (χ1v) is 10.3. The predicted molar refractivity (Wildman–Crippen MR) is 117 cm³/mol. The highest BCUT2D eigenvalue weighted by molar-refractivity contribution is 6.35. The van der Waals surface area contributed by atoms with E-state index in [4.69, 9.17) is 34.8 Å². The van der Waals surface area contributed by atoms with Crippen LogP contribution < -0.4 is 5.32 Å². The van der Waals surface area contributed by atoms with Crippen LogP contribution in [0.15, 0.2) is 60.9 Å². The summed E-state index contributed by atoms with van der Waals surface area (Å²) >= 11 is 18.4. The summed E-state index contributed by atoms with van der Waals surface area (Å²) < 4.78 is 0. The van der Waals surface area contributed by atoms with Crippen molar-refractivity contribution in [3.63, 3.8) is 0 Å². The monoisotopic (exact) mass is 420 g/mol. The average Bonchev–Trinajstić information content (AvgIpc) is 2.86. The minimum atomic E-state index is 0.618. The summed E-state index contributed by atoms with van der Waals surface area (Å²) in [5.41, 5.74) is 4.36. The molecule has 1 fully saturated rings. The standard InChI is InChI=1S/C22H23Cl3N2/c1-16-5-3-2-4-12-27(16)22(17-6-9-19(23)10-7-17)15-26-14-18-8-11-20(24)13-21(18)25/h6-11,13,15,26H,1-5,12,14H2/b22-15-. The van der Waals surface area contributed by atoms with Gasteiger partial charge in [0, 0.05) is 40.1 Å². The maximum absolute atomic E-state index is 6.29. The molecule has 0 saturated carbocycles. The van der Waals surface area contributed by atoms with E-state index in [1.165, 1.54) is 12.8 Å². The third-order valence-corrected chi connectivity index (χ3v) is 5.54.